The molecule has 1 unspecified atom stereocenters. The number of aryl methyl sites for hydroxylation is 1. The van der Waals surface area contributed by atoms with Crippen LogP contribution in [-0.4, -0.2) is 17.1 Å². The summed E-state index contributed by atoms with van der Waals surface area (Å²) in [6, 6.07) is 3.91. The first-order chi connectivity index (χ1) is 5.70. The van der Waals surface area contributed by atoms with Gasteiger partial charge in [0.25, 0.3) is 0 Å². The van der Waals surface area contributed by atoms with Crippen LogP contribution in [0.25, 0.3) is 0 Å². The van der Waals surface area contributed by atoms with Crippen LogP contribution in [0.2, 0.25) is 0 Å². The highest BCUT2D eigenvalue weighted by atomic mass is 32.1. The molecule has 0 spiro atoms. The van der Waals surface area contributed by atoms with E-state index in [1.807, 2.05) is 17.5 Å². The van der Waals surface area contributed by atoms with Crippen molar-refractivity contribution in [3.63, 3.8) is 0 Å². The minimum Gasteiger partial charge on any atom is -0.383 e. The summed E-state index contributed by atoms with van der Waals surface area (Å²) >= 11 is 1.61. The number of carbonyl (C=O) groups is 1. The van der Waals surface area contributed by atoms with E-state index in [0.29, 0.717) is 12.8 Å². The second kappa shape index (κ2) is 4.23. The van der Waals surface area contributed by atoms with E-state index in [4.69, 9.17) is 10.8 Å². The van der Waals surface area contributed by atoms with Gasteiger partial charge in [-0.15, -0.1) is 11.3 Å². The molecule has 0 aromatic carbocycles. The largest absolute Gasteiger partial charge is 0.383 e. The minimum absolute atomic E-state index is 0.413. The Hall–Kier alpha value is -0.870. The molecule has 0 aliphatic heterocycles. The Kier molecular flexibility index (Phi) is 3.25. The molecule has 1 rings (SSSR count). The maximum Gasteiger partial charge on any atom is 0.246 e. The van der Waals surface area contributed by atoms with Gasteiger partial charge in [-0.25, -0.2) is 0 Å². The third-order valence-electron chi connectivity index (χ3n) is 1.57. The molecule has 0 saturated heterocycles. The van der Waals surface area contributed by atoms with E-state index in [-0.39, 0.29) is 0 Å². The van der Waals surface area contributed by atoms with Crippen LogP contribution in [0.3, 0.4) is 0 Å². The van der Waals surface area contributed by atoms with Crippen LogP contribution in [0.1, 0.15) is 11.3 Å². The van der Waals surface area contributed by atoms with Crippen molar-refractivity contribution < 1.29 is 9.90 Å². The zero-order valence-corrected chi connectivity index (χ0v) is 7.38. The molecule has 0 aliphatic carbocycles. The van der Waals surface area contributed by atoms with Gasteiger partial charge in [0.15, 0.2) is 0 Å². The van der Waals surface area contributed by atoms with Crippen LogP contribution in [0.4, 0.5) is 0 Å². The summed E-state index contributed by atoms with van der Waals surface area (Å²) in [5.41, 5.74) is 4.89. The molecule has 3 nitrogen and oxygen atoms in total. The molecule has 0 radical (unpaired) electrons. The lowest BCUT2D eigenvalue weighted by Gasteiger charge is -2.03. The molecule has 66 valence electrons. The van der Waals surface area contributed by atoms with Crippen molar-refractivity contribution in [1.82, 2.24) is 0 Å². The fourth-order valence-corrected chi connectivity index (χ4v) is 1.60. The van der Waals surface area contributed by atoms with E-state index < -0.39 is 12.0 Å². The lowest BCUT2D eigenvalue weighted by atomic mass is 10.2. The molecule has 1 aromatic rings. The molecule has 1 heterocycles. The molecular weight excluding hydrogens is 174 g/mol. The van der Waals surface area contributed by atoms with Gasteiger partial charge in [0, 0.05) is 4.88 Å². The van der Waals surface area contributed by atoms with Crippen molar-refractivity contribution >= 4 is 17.2 Å². The first kappa shape index (κ1) is 9.22. The Labute approximate surface area is 74.8 Å². The molecule has 0 bridgehead atoms. The summed E-state index contributed by atoms with van der Waals surface area (Å²) in [6.45, 7) is 0. The monoisotopic (exact) mass is 185 g/mol. The fourth-order valence-electron chi connectivity index (χ4n) is 0.876. The topological polar surface area (TPSA) is 63.3 Å². The molecular formula is C8H11NO2S. The lowest BCUT2D eigenvalue weighted by Crippen LogP contribution is -2.28. The average Bonchev–Trinajstić information content (AvgIpc) is 2.51. The number of aliphatic hydroxyl groups is 1. The third kappa shape index (κ3) is 2.64. The van der Waals surface area contributed by atoms with E-state index in [1.54, 1.807) is 11.3 Å². The first-order valence-electron chi connectivity index (χ1n) is 3.70. The quantitative estimate of drug-likeness (QED) is 0.718. The second-order valence-corrected chi connectivity index (χ2v) is 3.57. The van der Waals surface area contributed by atoms with Gasteiger partial charge in [-0.2, -0.15) is 0 Å². The molecule has 0 saturated carbocycles. The van der Waals surface area contributed by atoms with Crippen molar-refractivity contribution in [1.29, 1.82) is 0 Å². The van der Waals surface area contributed by atoms with E-state index in [1.165, 1.54) is 0 Å². The van der Waals surface area contributed by atoms with Crippen LogP contribution >= 0.6 is 11.3 Å². The van der Waals surface area contributed by atoms with Gasteiger partial charge in [0.2, 0.25) is 5.91 Å². The highest BCUT2D eigenvalue weighted by Crippen LogP contribution is 2.11. The van der Waals surface area contributed by atoms with Crippen molar-refractivity contribution in [2.24, 2.45) is 5.73 Å². The molecule has 12 heavy (non-hydrogen) atoms. The van der Waals surface area contributed by atoms with E-state index in [2.05, 4.69) is 0 Å². The number of thiophene rings is 1. The first-order valence-corrected chi connectivity index (χ1v) is 4.58. The summed E-state index contributed by atoms with van der Waals surface area (Å²) < 4.78 is 0. The normalized spacial score (nSPS) is 12.8. The van der Waals surface area contributed by atoms with Gasteiger partial charge in [-0.3, -0.25) is 4.79 Å². The average molecular weight is 185 g/mol. The molecule has 0 aliphatic rings. The highest BCUT2D eigenvalue weighted by Gasteiger charge is 2.10. The molecule has 4 heteroatoms. The van der Waals surface area contributed by atoms with Crippen LogP contribution in [0.5, 0.6) is 0 Å². The number of carbonyl (C=O) groups excluding carboxylic acids is 1. The molecule has 3 N–H and O–H groups in total. The molecule has 1 atom stereocenters. The number of amides is 1. The van der Waals surface area contributed by atoms with Crippen molar-refractivity contribution in [2.75, 3.05) is 0 Å². The number of hydrogen-bond acceptors (Lipinski definition) is 3. The predicted octanol–water partition coefficient (Wildman–Crippen LogP) is 0.527. The highest BCUT2D eigenvalue weighted by molar-refractivity contribution is 7.09. The van der Waals surface area contributed by atoms with Crippen molar-refractivity contribution in [3.05, 3.63) is 22.4 Å². The lowest BCUT2D eigenvalue weighted by molar-refractivity contribution is -0.126. The van der Waals surface area contributed by atoms with Gasteiger partial charge in [-0.1, -0.05) is 6.07 Å². The maximum absolute atomic E-state index is 10.4. The van der Waals surface area contributed by atoms with E-state index in [9.17, 15) is 4.79 Å². The summed E-state index contributed by atoms with van der Waals surface area (Å²) in [5.74, 6) is -0.647. The van der Waals surface area contributed by atoms with Crippen LogP contribution in [-0.2, 0) is 11.2 Å². The minimum atomic E-state index is -1.01. The van der Waals surface area contributed by atoms with Gasteiger partial charge in [0.1, 0.15) is 6.10 Å². The van der Waals surface area contributed by atoms with Gasteiger partial charge < -0.3 is 10.8 Å². The van der Waals surface area contributed by atoms with Gasteiger partial charge in [-0.05, 0) is 24.3 Å². The van der Waals surface area contributed by atoms with Crippen LogP contribution in [0.15, 0.2) is 17.5 Å². The fraction of sp³-hybridized carbons (Fsp3) is 0.375. The molecule has 1 aromatic heterocycles. The second-order valence-electron chi connectivity index (χ2n) is 2.54. The Morgan fingerprint density at radius 3 is 3.00 bits per heavy atom. The number of aliphatic hydroxyl groups excluding tert-OH is 1. The molecule has 1 amide bonds. The molecule has 0 fully saturated rings. The summed E-state index contributed by atoms with van der Waals surface area (Å²) in [6.07, 6.45) is 0.115. The van der Waals surface area contributed by atoms with Gasteiger partial charge >= 0.3 is 0 Å². The summed E-state index contributed by atoms with van der Waals surface area (Å²) in [7, 11) is 0. The summed E-state index contributed by atoms with van der Waals surface area (Å²) in [5, 5.41) is 11.0. The predicted molar refractivity (Wildman–Crippen MR) is 47.8 cm³/mol. The number of rotatable bonds is 4. The van der Waals surface area contributed by atoms with Crippen LogP contribution in [0, 0.1) is 0 Å². The standard InChI is InChI=1S/C8H11NO2S/c9-8(11)7(10)4-3-6-2-1-5-12-6/h1-2,5,7,10H,3-4H2,(H2,9,11). The van der Waals surface area contributed by atoms with Crippen LogP contribution < -0.4 is 5.73 Å². The number of primary amides is 1. The van der Waals surface area contributed by atoms with Crippen molar-refractivity contribution in [3.8, 4) is 0 Å². The third-order valence-corrected chi connectivity index (χ3v) is 2.51. The summed E-state index contributed by atoms with van der Waals surface area (Å²) in [4.78, 5) is 11.6. The number of hydrogen-bond donors (Lipinski definition) is 2. The zero-order valence-electron chi connectivity index (χ0n) is 6.56. The van der Waals surface area contributed by atoms with E-state index >= 15 is 0 Å². The maximum atomic E-state index is 10.4. The Morgan fingerprint density at radius 2 is 2.50 bits per heavy atom. The Bertz CT molecular complexity index is 246. The smallest absolute Gasteiger partial charge is 0.246 e. The Balaban J connectivity index is 2.31. The van der Waals surface area contributed by atoms with E-state index in [0.717, 1.165) is 4.88 Å². The Morgan fingerprint density at radius 1 is 1.75 bits per heavy atom. The zero-order chi connectivity index (χ0) is 8.97. The number of nitrogens with two attached hydrogens (primary N) is 1. The van der Waals surface area contributed by atoms with Gasteiger partial charge in [0.05, 0.1) is 0 Å². The van der Waals surface area contributed by atoms with Crippen molar-refractivity contribution in [2.45, 2.75) is 18.9 Å². The SMILES string of the molecule is NC(=O)C(O)CCc1cccs1.